The van der Waals surface area contributed by atoms with Gasteiger partial charge in [-0.3, -0.25) is 4.79 Å². The summed E-state index contributed by atoms with van der Waals surface area (Å²) in [6, 6.07) is 14.6. The fourth-order valence-electron chi connectivity index (χ4n) is 4.17. The van der Waals surface area contributed by atoms with Crippen molar-refractivity contribution in [2.45, 2.75) is 31.8 Å². The van der Waals surface area contributed by atoms with Crippen LogP contribution < -0.4 is 17.2 Å². The van der Waals surface area contributed by atoms with Crippen LogP contribution >= 0.6 is 0 Å². The van der Waals surface area contributed by atoms with Crippen LogP contribution in [0.25, 0.3) is 5.70 Å². The highest BCUT2D eigenvalue weighted by Gasteiger charge is 2.32. The highest BCUT2D eigenvalue weighted by atomic mass is 16.5. The van der Waals surface area contributed by atoms with Crippen molar-refractivity contribution < 1.29 is 14.6 Å². The molecule has 2 aromatic rings. The van der Waals surface area contributed by atoms with Crippen molar-refractivity contribution in [1.29, 1.82) is 0 Å². The number of hydrogen-bond acceptors (Lipinski definition) is 7. The molecule has 7 N–H and O–H groups in total. The number of ketones is 1. The van der Waals surface area contributed by atoms with Gasteiger partial charge in [-0.25, -0.2) is 0 Å². The minimum absolute atomic E-state index is 0.0266. The number of nitrogens with zero attached hydrogens (tertiary/aromatic N) is 1. The Bertz CT molecular complexity index is 1010. The molecule has 1 aliphatic rings. The van der Waals surface area contributed by atoms with Crippen LogP contribution in [0.5, 0.6) is 5.75 Å². The fraction of sp³-hybridized carbons (Fsp3) is 0.320. The Morgan fingerprint density at radius 2 is 1.84 bits per heavy atom. The number of piperidine rings is 1. The first-order chi connectivity index (χ1) is 15.3. The number of ether oxygens (including phenoxy) is 1. The van der Waals surface area contributed by atoms with E-state index in [0.29, 0.717) is 42.0 Å². The van der Waals surface area contributed by atoms with E-state index in [2.05, 4.69) is 4.90 Å². The predicted octanol–water partition coefficient (Wildman–Crippen LogP) is 2.88. The van der Waals surface area contributed by atoms with E-state index in [-0.39, 0.29) is 29.4 Å². The van der Waals surface area contributed by atoms with E-state index >= 15 is 0 Å². The summed E-state index contributed by atoms with van der Waals surface area (Å²) in [5.41, 5.74) is 21.6. The maximum absolute atomic E-state index is 12.0. The molecule has 7 heteroatoms. The van der Waals surface area contributed by atoms with E-state index in [9.17, 15) is 9.90 Å². The third-order valence-corrected chi connectivity index (χ3v) is 5.98. The molecule has 7 nitrogen and oxygen atoms in total. The van der Waals surface area contributed by atoms with Gasteiger partial charge in [0.15, 0.2) is 5.78 Å². The smallest absolute Gasteiger partial charge is 0.162 e. The second kappa shape index (κ2) is 10.2. The summed E-state index contributed by atoms with van der Waals surface area (Å²) in [4.78, 5) is 14.1. The molecule has 1 fully saturated rings. The second-order valence-electron chi connectivity index (χ2n) is 7.97. The Balaban J connectivity index is 1.89. The first-order valence-electron chi connectivity index (χ1n) is 10.8. The van der Waals surface area contributed by atoms with Gasteiger partial charge in [-0.2, -0.15) is 0 Å². The number of carbonyl (C=O) groups is 1. The number of allylic oxidation sites excluding steroid dienone is 1. The number of benzene rings is 2. The van der Waals surface area contributed by atoms with Crippen molar-refractivity contribution in [3.63, 3.8) is 0 Å². The van der Waals surface area contributed by atoms with Crippen LogP contribution in [-0.4, -0.2) is 42.1 Å². The average molecular weight is 437 g/mol. The summed E-state index contributed by atoms with van der Waals surface area (Å²) in [7, 11) is 1.71. The number of carbonyl (C=O) groups excluding carboxylic acids is 1. The molecule has 0 aromatic heterocycles. The van der Waals surface area contributed by atoms with Gasteiger partial charge in [-0.1, -0.05) is 43.3 Å². The van der Waals surface area contributed by atoms with Crippen LogP contribution in [0.2, 0.25) is 0 Å². The number of likely N-dealkylation sites (tertiary alicyclic amines) is 1. The standard InChI is InChI=1S/C25H32N4O3/c1-3-22(30)17-10-8-16(9-11-17)19-15-29(13-12-24(19)32-2)21(25(27)28)14-20(26)18-6-4-5-7-23(18)31/h4-11,14,19,24,31H,3,12-13,15,26-28H2,1-2H3/b20-14-. The van der Waals surface area contributed by atoms with Gasteiger partial charge < -0.3 is 31.9 Å². The number of aromatic hydroxyl groups is 1. The molecule has 3 rings (SSSR count). The lowest BCUT2D eigenvalue weighted by Gasteiger charge is -2.40. The van der Waals surface area contributed by atoms with Gasteiger partial charge >= 0.3 is 0 Å². The van der Waals surface area contributed by atoms with E-state index < -0.39 is 0 Å². The van der Waals surface area contributed by atoms with Gasteiger partial charge in [0.2, 0.25) is 0 Å². The lowest BCUT2D eigenvalue weighted by molar-refractivity contribution is 0.0318. The van der Waals surface area contributed by atoms with Crippen molar-refractivity contribution in [3.05, 3.63) is 82.8 Å². The number of rotatable bonds is 7. The second-order valence-corrected chi connectivity index (χ2v) is 7.97. The summed E-state index contributed by atoms with van der Waals surface area (Å²) < 4.78 is 5.77. The summed E-state index contributed by atoms with van der Waals surface area (Å²) in [5, 5.41) is 10.1. The van der Waals surface area contributed by atoms with E-state index in [1.165, 1.54) is 0 Å². The lowest BCUT2D eigenvalue weighted by Crippen LogP contribution is -2.43. The first kappa shape index (κ1) is 23.2. The molecule has 1 heterocycles. The summed E-state index contributed by atoms with van der Waals surface area (Å²) in [6.45, 7) is 3.17. The minimum Gasteiger partial charge on any atom is -0.507 e. The number of hydrogen-bond donors (Lipinski definition) is 4. The molecule has 32 heavy (non-hydrogen) atoms. The predicted molar refractivity (Wildman–Crippen MR) is 126 cm³/mol. The largest absolute Gasteiger partial charge is 0.507 e. The molecule has 0 radical (unpaired) electrons. The van der Waals surface area contributed by atoms with Crippen LogP contribution in [0, 0.1) is 0 Å². The number of phenolic OH excluding ortho intramolecular Hbond substituents is 1. The van der Waals surface area contributed by atoms with Gasteiger partial charge in [0, 0.05) is 49.4 Å². The Hall–Kier alpha value is -3.45. The van der Waals surface area contributed by atoms with E-state index in [0.717, 1.165) is 12.0 Å². The third-order valence-electron chi connectivity index (χ3n) is 5.98. The zero-order chi connectivity index (χ0) is 23.3. The molecule has 0 bridgehead atoms. The van der Waals surface area contributed by atoms with Crippen LogP contribution in [0.4, 0.5) is 0 Å². The van der Waals surface area contributed by atoms with Crippen molar-refractivity contribution >= 4 is 11.5 Å². The summed E-state index contributed by atoms with van der Waals surface area (Å²) >= 11 is 0. The molecule has 0 aliphatic carbocycles. The monoisotopic (exact) mass is 436 g/mol. The quantitative estimate of drug-likeness (QED) is 0.388. The van der Waals surface area contributed by atoms with Crippen molar-refractivity contribution in [2.75, 3.05) is 20.2 Å². The Morgan fingerprint density at radius 1 is 1.16 bits per heavy atom. The zero-order valence-electron chi connectivity index (χ0n) is 18.6. The molecule has 0 saturated carbocycles. The van der Waals surface area contributed by atoms with Crippen LogP contribution in [0.1, 0.15) is 47.2 Å². The number of Topliss-reactive ketones (excluding diaryl/α,β-unsaturated/α-hetero) is 1. The first-order valence-corrected chi connectivity index (χ1v) is 10.8. The van der Waals surface area contributed by atoms with Crippen LogP contribution in [-0.2, 0) is 4.74 Å². The molecule has 2 atom stereocenters. The number of methoxy groups -OCH3 is 1. The summed E-state index contributed by atoms with van der Waals surface area (Å²) in [6.07, 6.45) is 2.99. The minimum atomic E-state index is 0.0266. The molecular weight excluding hydrogens is 404 g/mol. The normalized spacial score (nSPS) is 18.9. The van der Waals surface area contributed by atoms with Gasteiger partial charge in [-0.05, 0) is 30.2 Å². The zero-order valence-corrected chi connectivity index (χ0v) is 18.6. The molecule has 2 aromatic carbocycles. The van der Waals surface area contributed by atoms with Gasteiger partial charge in [0.25, 0.3) is 0 Å². The lowest BCUT2D eigenvalue weighted by atomic mass is 9.86. The maximum atomic E-state index is 12.0. The number of phenols is 1. The molecule has 1 aliphatic heterocycles. The van der Waals surface area contributed by atoms with Crippen molar-refractivity contribution in [1.82, 2.24) is 4.90 Å². The topological polar surface area (TPSA) is 128 Å². The average Bonchev–Trinajstić information content (AvgIpc) is 2.81. The molecule has 170 valence electrons. The van der Waals surface area contributed by atoms with Crippen molar-refractivity contribution in [3.8, 4) is 5.75 Å². The molecule has 0 amide bonds. The Labute approximate surface area is 189 Å². The van der Waals surface area contributed by atoms with E-state index in [1.807, 2.05) is 31.2 Å². The van der Waals surface area contributed by atoms with Gasteiger partial charge in [0.1, 0.15) is 11.6 Å². The van der Waals surface area contributed by atoms with Gasteiger partial charge in [-0.15, -0.1) is 0 Å². The Morgan fingerprint density at radius 3 is 2.44 bits per heavy atom. The highest BCUT2D eigenvalue weighted by molar-refractivity contribution is 5.95. The van der Waals surface area contributed by atoms with E-state index in [1.54, 1.807) is 37.5 Å². The SMILES string of the molecule is CCC(=O)c1ccc(C2CN(C(/C=C(\N)c3ccccc3O)=C(N)N)CCC2OC)cc1. The number of nitrogens with two attached hydrogens (primary N) is 3. The molecule has 1 saturated heterocycles. The highest BCUT2D eigenvalue weighted by Crippen LogP contribution is 2.32. The fourth-order valence-corrected chi connectivity index (χ4v) is 4.17. The molecule has 2 unspecified atom stereocenters. The molecular formula is C25H32N4O3. The third kappa shape index (κ3) is 5.06. The van der Waals surface area contributed by atoms with Crippen LogP contribution in [0.3, 0.4) is 0 Å². The summed E-state index contributed by atoms with van der Waals surface area (Å²) in [5.74, 6) is 0.431. The van der Waals surface area contributed by atoms with Gasteiger partial charge in [0.05, 0.1) is 11.8 Å². The van der Waals surface area contributed by atoms with Crippen molar-refractivity contribution in [2.24, 2.45) is 17.2 Å². The van der Waals surface area contributed by atoms with Crippen LogP contribution in [0.15, 0.2) is 66.1 Å². The maximum Gasteiger partial charge on any atom is 0.162 e. The molecule has 0 spiro atoms. The Kier molecular flexibility index (Phi) is 7.43. The number of para-hydroxylation sites is 1. The van der Waals surface area contributed by atoms with E-state index in [4.69, 9.17) is 21.9 Å².